The van der Waals surface area contributed by atoms with E-state index in [9.17, 15) is 4.79 Å². The van der Waals surface area contributed by atoms with E-state index in [4.69, 9.17) is 4.42 Å². The molecule has 1 aromatic heterocycles. The zero-order chi connectivity index (χ0) is 16.8. The van der Waals surface area contributed by atoms with E-state index in [1.807, 2.05) is 67.6 Å². The molecule has 0 aliphatic rings. The molecule has 5 nitrogen and oxygen atoms in total. The van der Waals surface area contributed by atoms with Crippen molar-refractivity contribution in [2.24, 2.45) is 0 Å². The highest BCUT2D eigenvalue weighted by molar-refractivity contribution is 8.00. The summed E-state index contributed by atoms with van der Waals surface area (Å²) < 4.78 is 5.62. The Morgan fingerprint density at radius 2 is 1.75 bits per heavy atom. The molecule has 1 N–H and O–H groups in total. The van der Waals surface area contributed by atoms with E-state index in [1.165, 1.54) is 11.8 Å². The topological polar surface area (TPSA) is 68.0 Å². The van der Waals surface area contributed by atoms with Gasteiger partial charge in [0.15, 0.2) is 0 Å². The van der Waals surface area contributed by atoms with Crippen LogP contribution in [0.3, 0.4) is 0 Å². The van der Waals surface area contributed by atoms with Crippen LogP contribution >= 0.6 is 11.8 Å². The molecule has 0 fully saturated rings. The van der Waals surface area contributed by atoms with Crippen molar-refractivity contribution in [1.29, 1.82) is 0 Å². The monoisotopic (exact) mass is 339 g/mol. The van der Waals surface area contributed by atoms with Gasteiger partial charge in [-0.2, -0.15) is 0 Å². The fourth-order valence-corrected chi connectivity index (χ4v) is 2.80. The Bertz CT molecular complexity index is 790. The fraction of sp³-hybridized carbons (Fsp3) is 0.167. The summed E-state index contributed by atoms with van der Waals surface area (Å²) in [7, 11) is 0. The average molecular weight is 339 g/mol. The number of benzene rings is 2. The number of hydrogen-bond donors (Lipinski definition) is 1. The van der Waals surface area contributed by atoms with Crippen LogP contribution in [0.15, 0.2) is 70.3 Å². The van der Waals surface area contributed by atoms with Crippen LogP contribution in [0, 0.1) is 0 Å². The average Bonchev–Trinajstić information content (AvgIpc) is 3.03. The normalized spacial score (nSPS) is 11.9. The molecule has 0 aliphatic heterocycles. The molecule has 1 amide bonds. The van der Waals surface area contributed by atoms with Gasteiger partial charge in [-0.1, -0.05) is 60.3 Å². The maximum Gasteiger partial charge on any atom is 0.277 e. The Kier molecular flexibility index (Phi) is 5.28. The molecule has 0 aliphatic carbocycles. The smallest absolute Gasteiger partial charge is 0.277 e. The Labute approximate surface area is 144 Å². The first-order valence-corrected chi connectivity index (χ1v) is 8.47. The highest BCUT2D eigenvalue weighted by Gasteiger charge is 2.18. The van der Waals surface area contributed by atoms with Crippen LogP contribution in [0.4, 0.5) is 5.69 Å². The quantitative estimate of drug-likeness (QED) is 0.692. The molecule has 0 radical (unpaired) electrons. The number of nitrogens with zero attached hydrogens (tertiary/aromatic N) is 2. The van der Waals surface area contributed by atoms with E-state index >= 15 is 0 Å². The first-order valence-electron chi connectivity index (χ1n) is 7.59. The molecular formula is C18H17N3O2S. The number of thioether (sulfide) groups is 1. The van der Waals surface area contributed by atoms with Crippen molar-refractivity contribution in [3.63, 3.8) is 0 Å². The summed E-state index contributed by atoms with van der Waals surface area (Å²) in [5, 5.41) is 11.0. The SMILES string of the molecule is C[C@H](Sc1nnc(Cc2ccccc2)o1)C(=O)Nc1ccccc1. The standard InChI is InChI=1S/C18H17N3O2S/c1-13(17(22)19-15-10-6-3-7-11-15)24-18-21-20-16(23-18)12-14-8-4-2-5-9-14/h2-11,13H,12H2,1H3,(H,19,22)/t13-/m0/s1. The summed E-state index contributed by atoms with van der Waals surface area (Å²) in [4.78, 5) is 12.2. The van der Waals surface area contributed by atoms with Crippen molar-refractivity contribution < 1.29 is 9.21 Å². The van der Waals surface area contributed by atoms with Crippen molar-refractivity contribution in [2.75, 3.05) is 5.32 Å². The molecule has 2 aromatic carbocycles. The van der Waals surface area contributed by atoms with Gasteiger partial charge in [-0.3, -0.25) is 4.79 Å². The first-order chi connectivity index (χ1) is 11.7. The van der Waals surface area contributed by atoms with Gasteiger partial charge in [0, 0.05) is 5.69 Å². The van der Waals surface area contributed by atoms with Gasteiger partial charge in [0.25, 0.3) is 5.22 Å². The van der Waals surface area contributed by atoms with Crippen LogP contribution in [0.1, 0.15) is 18.4 Å². The zero-order valence-electron chi connectivity index (χ0n) is 13.2. The lowest BCUT2D eigenvalue weighted by Gasteiger charge is -2.09. The fourth-order valence-electron chi connectivity index (χ4n) is 2.10. The second-order valence-electron chi connectivity index (χ2n) is 5.24. The summed E-state index contributed by atoms with van der Waals surface area (Å²) in [5.74, 6) is 0.438. The maximum atomic E-state index is 12.2. The summed E-state index contributed by atoms with van der Waals surface area (Å²) in [6.45, 7) is 1.81. The number of carbonyl (C=O) groups excluding carboxylic acids is 1. The van der Waals surface area contributed by atoms with Gasteiger partial charge < -0.3 is 9.73 Å². The van der Waals surface area contributed by atoms with Gasteiger partial charge in [-0.25, -0.2) is 0 Å². The maximum absolute atomic E-state index is 12.2. The van der Waals surface area contributed by atoms with Crippen LogP contribution in [-0.4, -0.2) is 21.4 Å². The Balaban J connectivity index is 1.57. The Morgan fingerprint density at radius 1 is 1.08 bits per heavy atom. The lowest BCUT2D eigenvalue weighted by molar-refractivity contribution is -0.115. The van der Waals surface area contributed by atoms with Crippen molar-refractivity contribution in [3.05, 3.63) is 72.1 Å². The van der Waals surface area contributed by atoms with Gasteiger partial charge in [-0.05, 0) is 24.6 Å². The molecule has 0 saturated heterocycles. The third-order valence-electron chi connectivity index (χ3n) is 3.33. The minimum absolute atomic E-state index is 0.103. The third kappa shape index (κ3) is 4.45. The molecule has 0 unspecified atom stereocenters. The number of para-hydroxylation sites is 1. The van der Waals surface area contributed by atoms with Crippen LogP contribution in [-0.2, 0) is 11.2 Å². The van der Waals surface area contributed by atoms with Gasteiger partial charge in [0.1, 0.15) is 0 Å². The van der Waals surface area contributed by atoms with E-state index < -0.39 is 0 Å². The van der Waals surface area contributed by atoms with Gasteiger partial charge in [0.2, 0.25) is 11.8 Å². The van der Waals surface area contributed by atoms with Crippen molar-refractivity contribution in [3.8, 4) is 0 Å². The van der Waals surface area contributed by atoms with Crippen LogP contribution in [0.5, 0.6) is 0 Å². The first kappa shape index (κ1) is 16.3. The van der Waals surface area contributed by atoms with Crippen LogP contribution < -0.4 is 5.32 Å². The molecule has 3 aromatic rings. The van der Waals surface area contributed by atoms with Gasteiger partial charge in [-0.15, -0.1) is 10.2 Å². The molecule has 6 heteroatoms. The molecule has 1 heterocycles. The molecule has 3 rings (SSSR count). The summed E-state index contributed by atoms with van der Waals surface area (Å²) >= 11 is 1.25. The highest BCUT2D eigenvalue weighted by Crippen LogP contribution is 2.23. The lowest BCUT2D eigenvalue weighted by Crippen LogP contribution is -2.22. The number of nitrogens with one attached hydrogen (secondary N) is 1. The van der Waals surface area contributed by atoms with Crippen LogP contribution in [0.25, 0.3) is 0 Å². The summed E-state index contributed by atoms with van der Waals surface area (Å²) in [5.41, 5.74) is 1.87. The molecule has 122 valence electrons. The summed E-state index contributed by atoms with van der Waals surface area (Å²) in [6, 6.07) is 19.3. The molecule has 0 bridgehead atoms. The number of carbonyl (C=O) groups is 1. The van der Waals surface area contributed by atoms with E-state index in [-0.39, 0.29) is 11.2 Å². The molecular weight excluding hydrogens is 322 g/mol. The minimum Gasteiger partial charge on any atom is -0.416 e. The molecule has 1 atom stereocenters. The second-order valence-corrected chi connectivity index (χ2v) is 6.53. The number of amides is 1. The van der Waals surface area contributed by atoms with Crippen molar-refractivity contribution >= 4 is 23.4 Å². The van der Waals surface area contributed by atoms with Crippen molar-refractivity contribution in [2.45, 2.75) is 23.8 Å². The molecule has 24 heavy (non-hydrogen) atoms. The van der Waals surface area contributed by atoms with E-state index in [2.05, 4.69) is 15.5 Å². The Morgan fingerprint density at radius 3 is 2.46 bits per heavy atom. The predicted molar refractivity (Wildman–Crippen MR) is 93.9 cm³/mol. The largest absolute Gasteiger partial charge is 0.416 e. The van der Waals surface area contributed by atoms with Gasteiger partial charge in [0.05, 0.1) is 11.7 Å². The zero-order valence-corrected chi connectivity index (χ0v) is 14.0. The van der Waals surface area contributed by atoms with E-state index in [0.29, 0.717) is 17.5 Å². The molecule has 0 spiro atoms. The number of hydrogen-bond acceptors (Lipinski definition) is 5. The highest BCUT2D eigenvalue weighted by atomic mass is 32.2. The number of aromatic nitrogens is 2. The lowest BCUT2D eigenvalue weighted by atomic mass is 10.2. The number of anilines is 1. The summed E-state index contributed by atoms with van der Waals surface area (Å²) in [6.07, 6.45) is 0.582. The Hall–Kier alpha value is -2.60. The molecule has 0 saturated carbocycles. The minimum atomic E-state index is -0.338. The second kappa shape index (κ2) is 7.79. The number of rotatable bonds is 6. The third-order valence-corrected chi connectivity index (χ3v) is 4.27. The van der Waals surface area contributed by atoms with E-state index in [0.717, 1.165) is 11.3 Å². The predicted octanol–water partition coefficient (Wildman–Crippen LogP) is 3.78. The van der Waals surface area contributed by atoms with Crippen LogP contribution in [0.2, 0.25) is 0 Å². The van der Waals surface area contributed by atoms with Gasteiger partial charge >= 0.3 is 0 Å². The van der Waals surface area contributed by atoms with E-state index in [1.54, 1.807) is 0 Å². The van der Waals surface area contributed by atoms with Crippen molar-refractivity contribution in [1.82, 2.24) is 10.2 Å².